The minimum atomic E-state index is -0.245. The fourth-order valence-electron chi connectivity index (χ4n) is 2.57. The van der Waals surface area contributed by atoms with Crippen LogP contribution in [0.15, 0.2) is 53.5 Å². The highest BCUT2D eigenvalue weighted by Gasteiger charge is 2.06. The number of guanidine groups is 1. The second-order valence-corrected chi connectivity index (χ2v) is 6.72. The molecule has 2 rings (SSSR count). The lowest BCUT2D eigenvalue weighted by atomic mass is 10.1. The summed E-state index contributed by atoms with van der Waals surface area (Å²) in [5, 5.41) is 9.20. The van der Waals surface area contributed by atoms with Gasteiger partial charge in [0.25, 0.3) is 0 Å². The van der Waals surface area contributed by atoms with Crippen LogP contribution in [0.25, 0.3) is 0 Å². The molecule has 0 fully saturated rings. The SMILES string of the molecule is CN=C(NCc1cccc(NC(=O)CC(C)C)c1)NCc1ccccc1F. The predicted octanol–water partition coefficient (Wildman–Crippen LogP) is 3.68. The van der Waals surface area contributed by atoms with Gasteiger partial charge in [0.15, 0.2) is 5.96 Å². The predicted molar refractivity (Wildman–Crippen MR) is 108 cm³/mol. The molecule has 2 aromatic rings. The topological polar surface area (TPSA) is 65.5 Å². The highest BCUT2D eigenvalue weighted by Crippen LogP contribution is 2.12. The van der Waals surface area contributed by atoms with E-state index in [4.69, 9.17) is 0 Å². The maximum atomic E-state index is 13.7. The number of anilines is 1. The Hall–Kier alpha value is -2.89. The number of amides is 1. The van der Waals surface area contributed by atoms with Gasteiger partial charge in [0.2, 0.25) is 5.91 Å². The molecule has 5 nitrogen and oxygen atoms in total. The van der Waals surface area contributed by atoms with E-state index in [0.29, 0.717) is 37.0 Å². The van der Waals surface area contributed by atoms with E-state index in [-0.39, 0.29) is 11.7 Å². The number of carbonyl (C=O) groups is 1. The van der Waals surface area contributed by atoms with Gasteiger partial charge in [-0.15, -0.1) is 0 Å². The molecule has 1 amide bonds. The maximum Gasteiger partial charge on any atom is 0.224 e. The molecule has 6 heteroatoms. The van der Waals surface area contributed by atoms with Crippen LogP contribution in [0, 0.1) is 11.7 Å². The molecule has 0 aromatic heterocycles. The van der Waals surface area contributed by atoms with Crippen molar-refractivity contribution < 1.29 is 9.18 Å². The third-order valence-corrected chi connectivity index (χ3v) is 3.89. The first kappa shape index (κ1) is 20.4. The smallest absolute Gasteiger partial charge is 0.224 e. The number of rotatable bonds is 7. The monoisotopic (exact) mass is 370 g/mol. The van der Waals surface area contributed by atoms with Gasteiger partial charge in [0.05, 0.1) is 0 Å². The molecule has 0 unspecified atom stereocenters. The van der Waals surface area contributed by atoms with E-state index in [1.54, 1.807) is 25.2 Å². The van der Waals surface area contributed by atoms with Crippen molar-refractivity contribution in [3.05, 3.63) is 65.5 Å². The third kappa shape index (κ3) is 7.09. The van der Waals surface area contributed by atoms with Crippen molar-refractivity contribution >= 4 is 17.6 Å². The Balaban J connectivity index is 1.88. The lowest BCUT2D eigenvalue weighted by molar-refractivity contribution is -0.116. The summed E-state index contributed by atoms with van der Waals surface area (Å²) in [4.78, 5) is 16.1. The molecule has 0 radical (unpaired) electrons. The van der Waals surface area contributed by atoms with Gasteiger partial charge in [-0.05, 0) is 29.7 Å². The average Bonchev–Trinajstić information content (AvgIpc) is 2.62. The number of hydrogen-bond acceptors (Lipinski definition) is 2. The molecule has 2 aromatic carbocycles. The zero-order chi connectivity index (χ0) is 19.6. The summed E-state index contributed by atoms with van der Waals surface area (Å²) in [6.07, 6.45) is 0.495. The fourth-order valence-corrected chi connectivity index (χ4v) is 2.57. The molecule has 0 aliphatic rings. The van der Waals surface area contributed by atoms with E-state index >= 15 is 0 Å². The van der Waals surface area contributed by atoms with Gasteiger partial charge in [-0.1, -0.05) is 44.2 Å². The van der Waals surface area contributed by atoms with Gasteiger partial charge in [-0.3, -0.25) is 9.79 Å². The number of carbonyl (C=O) groups excluding carboxylic acids is 1. The van der Waals surface area contributed by atoms with Crippen molar-refractivity contribution in [2.45, 2.75) is 33.4 Å². The molecule has 0 saturated carbocycles. The highest BCUT2D eigenvalue weighted by atomic mass is 19.1. The summed E-state index contributed by atoms with van der Waals surface area (Å²) < 4.78 is 13.7. The summed E-state index contributed by atoms with van der Waals surface area (Å²) in [5.74, 6) is 0.661. The Bertz CT molecular complexity index is 789. The van der Waals surface area contributed by atoms with Crippen LogP contribution in [0.4, 0.5) is 10.1 Å². The molecule has 0 spiro atoms. The number of aliphatic imine (C=N–C) groups is 1. The van der Waals surface area contributed by atoms with Crippen LogP contribution in [-0.2, 0) is 17.9 Å². The molecule has 0 aliphatic carbocycles. The molecular formula is C21H27FN4O. The van der Waals surface area contributed by atoms with Crippen molar-refractivity contribution in [2.75, 3.05) is 12.4 Å². The van der Waals surface area contributed by atoms with Crippen molar-refractivity contribution in [3.8, 4) is 0 Å². The van der Waals surface area contributed by atoms with Crippen LogP contribution in [0.1, 0.15) is 31.4 Å². The van der Waals surface area contributed by atoms with E-state index in [0.717, 1.165) is 11.3 Å². The Morgan fingerprint density at radius 3 is 2.52 bits per heavy atom. The van der Waals surface area contributed by atoms with Crippen LogP contribution in [0.5, 0.6) is 0 Å². The molecule has 3 N–H and O–H groups in total. The van der Waals surface area contributed by atoms with Crippen molar-refractivity contribution in [3.63, 3.8) is 0 Å². The first-order valence-electron chi connectivity index (χ1n) is 9.04. The average molecular weight is 370 g/mol. The zero-order valence-corrected chi connectivity index (χ0v) is 16.1. The Labute approximate surface area is 160 Å². The number of nitrogens with zero attached hydrogens (tertiary/aromatic N) is 1. The van der Waals surface area contributed by atoms with E-state index in [1.807, 2.05) is 38.1 Å². The summed E-state index contributed by atoms with van der Waals surface area (Å²) >= 11 is 0. The second-order valence-electron chi connectivity index (χ2n) is 6.72. The largest absolute Gasteiger partial charge is 0.352 e. The highest BCUT2D eigenvalue weighted by molar-refractivity contribution is 5.90. The molecule has 0 saturated heterocycles. The second kappa shape index (κ2) is 10.3. The first-order valence-corrected chi connectivity index (χ1v) is 9.04. The van der Waals surface area contributed by atoms with Crippen molar-refractivity contribution in [1.29, 1.82) is 0 Å². The molecule has 0 bridgehead atoms. The van der Waals surface area contributed by atoms with Gasteiger partial charge in [-0.2, -0.15) is 0 Å². The number of benzene rings is 2. The summed E-state index contributed by atoms with van der Waals surface area (Å²) in [6, 6.07) is 14.3. The van der Waals surface area contributed by atoms with Crippen LogP contribution < -0.4 is 16.0 Å². The number of nitrogens with one attached hydrogen (secondary N) is 3. The zero-order valence-electron chi connectivity index (χ0n) is 16.1. The lowest BCUT2D eigenvalue weighted by Crippen LogP contribution is -2.36. The minimum Gasteiger partial charge on any atom is -0.352 e. The third-order valence-electron chi connectivity index (χ3n) is 3.89. The van der Waals surface area contributed by atoms with E-state index in [1.165, 1.54) is 6.07 Å². The van der Waals surface area contributed by atoms with Gasteiger partial charge in [-0.25, -0.2) is 4.39 Å². The van der Waals surface area contributed by atoms with Crippen LogP contribution in [0.2, 0.25) is 0 Å². The van der Waals surface area contributed by atoms with E-state index in [2.05, 4.69) is 20.9 Å². The van der Waals surface area contributed by atoms with Crippen LogP contribution in [-0.4, -0.2) is 18.9 Å². The minimum absolute atomic E-state index is 0.0115. The lowest BCUT2D eigenvalue weighted by Gasteiger charge is -2.13. The quantitative estimate of drug-likeness (QED) is 0.515. The summed E-state index contributed by atoms with van der Waals surface area (Å²) in [7, 11) is 1.67. The molecule has 0 heterocycles. The maximum absolute atomic E-state index is 13.7. The van der Waals surface area contributed by atoms with Gasteiger partial charge < -0.3 is 16.0 Å². The molecule has 0 atom stereocenters. The van der Waals surface area contributed by atoms with Gasteiger partial charge in [0, 0.05) is 37.8 Å². The van der Waals surface area contributed by atoms with Crippen molar-refractivity contribution in [2.24, 2.45) is 10.9 Å². The summed E-state index contributed by atoms with van der Waals surface area (Å²) in [5.41, 5.74) is 2.36. The van der Waals surface area contributed by atoms with Gasteiger partial charge >= 0.3 is 0 Å². The fraction of sp³-hybridized carbons (Fsp3) is 0.333. The number of hydrogen-bond donors (Lipinski definition) is 3. The Morgan fingerprint density at radius 2 is 1.81 bits per heavy atom. The first-order chi connectivity index (χ1) is 13.0. The normalized spacial score (nSPS) is 11.4. The molecular weight excluding hydrogens is 343 g/mol. The van der Waals surface area contributed by atoms with Crippen molar-refractivity contribution in [1.82, 2.24) is 10.6 Å². The Kier molecular flexibility index (Phi) is 7.79. The summed E-state index contributed by atoms with van der Waals surface area (Å²) in [6.45, 7) is 4.90. The standard InChI is InChI=1S/C21H27FN4O/c1-15(2)11-20(27)26-18-9-6-7-16(12-18)13-24-21(23-3)25-14-17-8-4-5-10-19(17)22/h4-10,12,15H,11,13-14H2,1-3H3,(H,26,27)(H2,23,24,25). The molecule has 27 heavy (non-hydrogen) atoms. The molecule has 0 aliphatic heterocycles. The number of halogens is 1. The van der Waals surface area contributed by atoms with E-state index in [9.17, 15) is 9.18 Å². The molecule has 144 valence electrons. The Morgan fingerprint density at radius 1 is 1.07 bits per heavy atom. The van der Waals surface area contributed by atoms with Gasteiger partial charge in [0.1, 0.15) is 5.82 Å². The van der Waals surface area contributed by atoms with Crippen LogP contribution in [0.3, 0.4) is 0 Å². The van der Waals surface area contributed by atoms with E-state index < -0.39 is 0 Å². The van der Waals surface area contributed by atoms with Crippen LogP contribution >= 0.6 is 0 Å².